The van der Waals surface area contributed by atoms with Crippen molar-refractivity contribution in [3.8, 4) is 0 Å². The highest BCUT2D eigenvalue weighted by molar-refractivity contribution is 9.10. The highest BCUT2D eigenvalue weighted by atomic mass is 79.9. The number of carboxylic acid groups (broad SMARTS) is 1. The molecule has 1 atom stereocenters. The molecule has 1 amide bonds. The number of aliphatic carboxylic acids is 1. The molecule has 6 heteroatoms. The number of halogens is 1. The number of nitrogens with one attached hydrogen (secondary N) is 1. The molecule has 1 fully saturated rings. The van der Waals surface area contributed by atoms with Crippen LogP contribution in [0.2, 0.25) is 0 Å². The lowest BCUT2D eigenvalue weighted by atomic mass is 9.77. The van der Waals surface area contributed by atoms with Gasteiger partial charge in [0.1, 0.15) is 0 Å². The molecule has 1 aliphatic rings. The van der Waals surface area contributed by atoms with Crippen molar-refractivity contribution in [2.45, 2.75) is 43.7 Å². The van der Waals surface area contributed by atoms with Crippen molar-refractivity contribution >= 4 is 27.8 Å². The van der Waals surface area contributed by atoms with Gasteiger partial charge in [0.05, 0.1) is 24.5 Å². The van der Waals surface area contributed by atoms with E-state index in [1.807, 2.05) is 24.3 Å². The van der Waals surface area contributed by atoms with Crippen molar-refractivity contribution in [2.75, 3.05) is 7.11 Å². The molecule has 1 aromatic carbocycles. The van der Waals surface area contributed by atoms with Crippen LogP contribution >= 0.6 is 15.9 Å². The van der Waals surface area contributed by atoms with Crippen LogP contribution in [0.15, 0.2) is 28.7 Å². The Labute approximate surface area is 138 Å². The Morgan fingerprint density at radius 2 is 2.18 bits per heavy atom. The number of amides is 1. The first-order valence-corrected chi connectivity index (χ1v) is 8.05. The Kier molecular flexibility index (Phi) is 5.58. The lowest BCUT2D eigenvalue weighted by Gasteiger charge is -2.40. The van der Waals surface area contributed by atoms with Crippen LogP contribution < -0.4 is 5.32 Å². The summed E-state index contributed by atoms with van der Waals surface area (Å²) in [5.41, 5.74) is 0.403. The van der Waals surface area contributed by atoms with Crippen molar-refractivity contribution in [3.63, 3.8) is 0 Å². The van der Waals surface area contributed by atoms with Crippen molar-refractivity contribution in [1.82, 2.24) is 5.32 Å². The van der Waals surface area contributed by atoms with Gasteiger partial charge in [0, 0.05) is 11.6 Å². The SMILES string of the molecule is COC1(CC(=O)NC(CC(=O)O)c2cccc(Br)c2)CCC1. The topological polar surface area (TPSA) is 75.6 Å². The Morgan fingerprint density at radius 3 is 2.68 bits per heavy atom. The van der Waals surface area contributed by atoms with Gasteiger partial charge in [-0.05, 0) is 37.0 Å². The first-order chi connectivity index (χ1) is 10.4. The summed E-state index contributed by atoms with van der Waals surface area (Å²) < 4.78 is 6.30. The van der Waals surface area contributed by atoms with Crippen LogP contribution in [0.25, 0.3) is 0 Å². The van der Waals surface area contributed by atoms with Crippen LogP contribution in [-0.2, 0) is 14.3 Å². The van der Waals surface area contributed by atoms with Crippen molar-refractivity contribution in [1.29, 1.82) is 0 Å². The van der Waals surface area contributed by atoms with Crippen LogP contribution in [0.3, 0.4) is 0 Å². The van der Waals surface area contributed by atoms with Crippen LogP contribution in [-0.4, -0.2) is 29.7 Å². The number of hydrogen-bond acceptors (Lipinski definition) is 3. The third-order valence-corrected chi connectivity index (χ3v) is 4.64. The first kappa shape index (κ1) is 17.0. The molecular weight excluding hydrogens is 350 g/mol. The predicted molar refractivity (Wildman–Crippen MR) is 85.5 cm³/mol. The molecule has 0 bridgehead atoms. The van der Waals surface area contributed by atoms with E-state index in [4.69, 9.17) is 9.84 Å². The zero-order valence-electron chi connectivity index (χ0n) is 12.5. The van der Waals surface area contributed by atoms with Crippen molar-refractivity contribution < 1.29 is 19.4 Å². The molecule has 0 aromatic heterocycles. The quantitative estimate of drug-likeness (QED) is 0.774. The van der Waals surface area contributed by atoms with Gasteiger partial charge in [0.2, 0.25) is 5.91 Å². The van der Waals surface area contributed by atoms with E-state index in [0.29, 0.717) is 0 Å². The van der Waals surface area contributed by atoms with Crippen molar-refractivity contribution in [2.24, 2.45) is 0 Å². The van der Waals surface area contributed by atoms with Gasteiger partial charge in [-0.15, -0.1) is 0 Å². The van der Waals surface area contributed by atoms with E-state index >= 15 is 0 Å². The fraction of sp³-hybridized carbons (Fsp3) is 0.500. The maximum absolute atomic E-state index is 12.3. The van der Waals surface area contributed by atoms with Crippen molar-refractivity contribution in [3.05, 3.63) is 34.3 Å². The summed E-state index contributed by atoms with van der Waals surface area (Å²) in [4.78, 5) is 23.3. The van der Waals surface area contributed by atoms with Gasteiger partial charge in [-0.2, -0.15) is 0 Å². The molecule has 0 radical (unpaired) electrons. The van der Waals surface area contributed by atoms with Crippen LogP contribution in [0.4, 0.5) is 0 Å². The number of carbonyl (C=O) groups excluding carboxylic acids is 1. The smallest absolute Gasteiger partial charge is 0.305 e. The zero-order valence-corrected chi connectivity index (χ0v) is 14.1. The fourth-order valence-electron chi connectivity index (χ4n) is 2.71. The Bertz CT molecular complexity index is 551. The highest BCUT2D eigenvalue weighted by Crippen LogP contribution is 2.38. The Morgan fingerprint density at radius 1 is 1.45 bits per heavy atom. The minimum absolute atomic E-state index is 0.151. The summed E-state index contributed by atoms with van der Waals surface area (Å²) in [6.45, 7) is 0. The summed E-state index contributed by atoms with van der Waals surface area (Å²) >= 11 is 3.36. The summed E-state index contributed by atoms with van der Waals surface area (Å²) in [5.74, 6) is -1.12. The van der Waals surface area contributed by atoms with Gasteiger partial charge in [-0.25, -0.2) is 0 Å². The molecule has 2 rings (SSSR count). The average molecular weight is 370 g/mol. The molecule has 0 spiro atoms. The second kappa shape index (κ2) is 7.24. The maximum Gasteiger partial charge on any atom is 0.305 e. The van der Waals surface area contributed by atoms with E-state index in [1.165, 1.54) is 0 Å². The fourth-order valence-corrected chi connectivity index (χ4v) is 3.13. The van der Waals surface area contributed by atoms with Gasteiger partial charge in [-0.3, -0.25) is 9.59 Å². The summed E-state index contributed by atoms with van der Waals surface area (Å²) in [7, 11) is 1.62. The summed E-state index contributed by atoms with van der Waals surface area (Å²) in [6.07, 6.45) is 2.93. The number of hydrogen-bond donors (Lipinski definition) is 2. The van der Waals surface area contributed by atoms with Crippen LogP contribution in [0, 0.1) is 0 Å². The second-order valence-electron chi connectivity index (χ2n) is 5.69. The van der Waals surface area contributed by atoms with E-state index in [0.717, 1.165) is 29.3 Å². The Balaban J connectivity index is 2.06. The predicted octanol–water partition coefficient (Wildman–Crippen LogP) is 3.04. The van der Waals surface area contributed by atoms with E-state index in [9.17, 15) is 9.59 Å². The maximum atomic E-state index is 12.3. The normalized spacial score (nSPS) is 17.4. The van der Waals surface area contributed by atoms with E-state index < -0.39 is 12.0 Å². The molecule has 1 aromatic rings. The van der Waals surface area contributed by atoms with Crippen LogP contribution in [0.5, 0.6) is 0 Å². The number of carbonyl (C=O) groups is 2. The second-order valence-corrected chi connectivity index (χ2v) is 6.61. The number of methoxy groups -OCH3 is 1. The lowest BCUT2D eigenvalue weighted by Crippen LogP contribution is -2.44. The molecule has 1 unspecified atom stereocenters. The van der Waals surface area contributed by atoms with Gasteiger partial charge in [0.15, 0.2) is 0 Å². The lowest BCUT2D eigenvalue weighted by molar-refractivity contribution is -0.138. The molecule has 0 heterocycles. The number of benzene rings is 1. The molecule has 1 aliphatic carbocycles. The molecular formula is C16H20BrNO4. The van der Waals surface area contributed by atoms with Gasteiger partial charge >= 0.3 is 5.97 Å². The minimum atomic E-state index is -0.949. The molecule has 0 saturated heterocycles. The first-order valence-electron chi connectivity index (χ1n) is 7.26. The Hall–Kier alpha value is -1.40. The van der Waals surface area contributed by atoms with E-state index in [-0.39, 0.29) is 24.3 Å². The summed E-state index contributed by atoms with van der Waals surface area (Å²) in [5, 5.41) is 11.9. The molecule has 1 saturated carbocycles. The third kappa shape index (κ3) is 4.30. The summed E-state index contributed by atoms with van der Waals surface area (Å²) in [6, 6.07) is 6.77. The van der Waals surface area contributed by atoms with E-state index in [2.05, 4.69) is 21.2 Å². The number of ether oxygens (including phenoxy) is 1. The average Bonchev–Trinajstić information content (AvgIpc) is 2.41. The largest absolute Gasteiger partial charge is 0.481 e. The van der Waals surface area contributed by atoms with Gasteiger partial charge < -0.3 is 15.2 Å². The van der Waals surface area contributed by atoms with Gasteiger partial charge in [0.25, 0.3) is 0 Å². The molecule has 0 aliphatic heterocycles. The van der Waals surface area contributed by atoms with Crippen LogP contribution in [0.1, 0.15) is 43.7 Å². The standard InChI is InChI=1S/C16H20BrNO4/c1-22-16(6-3-7-16)10-14(19)18-13(9-15(20)21)11-4-2-5-12(17)8-11/h2,4-5,8,13H,3,6-7,9-10H2,1H3,(H,18,19)(H,20,21). The molecule has 120 valence electrons. The monoisotopic (exact) mass is 369 g/mol. The molecule has 22 heavy (non-hydrogen) atoms. The zero-order chi connectivity index (χ0) is 16.2. The van der Waals surface area contributed by atoms with Gasteiger partial charge in [-0.1, -0.05) is 28.1 Å². The minimum Gasteiger partial charge on any atom is -0.481 e. The highest BCUT2D eigenvalue weighted by Gasteiger charge is 2.39. The number of carboxylic acids is 1. The molecule has 5 nitrogen and oxygen atoms in total. The number of rotatable bonds is 7. The third-order valence-electron chi connectivity index (χ3n) is 4.15. The molecule has 2 N–H and O–H groups in total. The van der Waals surface area contributed by atoms with E-state index in [1.54, 1.807) is 7.11 Å².